The lowest BCUT2D eigenvalue weighted by atomic mass is 10.1. The minimum Gasteiger partial charge on any atom is -0.467 e. The third-order valence-corrected chi connectivity index (χ3v) is 4.25. The van der Waals surface area contributed by atoms with Crippen molar-refractivity contribution in [3.05, 3.63) is 41.2 Å². The van der Waals surface area contributed by atoms with E-state index in [0.717, 1.165) is 24.0 Å². The van der Waals surface area contributed by atoms with Gasteiger partial charge in [0.2, 0.25) is 0 Å². The van der Waals surface area contributed by atoms with Crippen molar-refractivity contribution >= 4 is 11.8 Å². The molecule has 0 bridgehead atoms. The molecule has 0 aromatic rings. The van der Waals surface area contributed by atoms with Gasteiger partial charge in [0.15, 0.2) is 11.9 Å². The van der Waals surface area contributed by atoms with Gasteiger partial charge in [-0.05, 0) is 37.0 Å². The summed E-state index contributed by atoms with van der Waals surface area (Å²) in [5, 5.41) is 9.45. The Morgan fingerprint density at radius 1 is 1.28 bits per heavy atom. The fourth-order valence-corrected chi connectivity index (χ4v) is 2.73. The van der Waals surface area contributed by atoms with Crippen LogP contribution in [0.3, 0.4) is 0 Å². The normalized spacial score (nSPS) is 15.4. The lowest BCUT2D eigenvalue weighted by Gasteiger charge is -2.02. The first-order valence-electron chi connectivity index (χ1n) is 9.17. The molecule has 1 rings (SSSR count). The van der Waals surface area contributed by atoms with Crippen LogP contribution in [-0.2, 0) is 14.3 Å². The molecule has 25 heavy (non-hydrogen) atoms. The van der Waals surface area contributed by atoms with Crippen LogP contribution in [0.5, 0.6) is 0 Å². The average molecular weight is 346 g/mol. The number of hydrogen-bond donors (Lipinski definition) is 1. The molecular formula is C21H30O4. The van der Waals surface area contributed by atoms with Crippen molar-refractivity contribution in [3.8, 4) is 0 Å². The van der Waals surface area contributed by atoms with Crippen LogP contribution in [-0.4, -0.2) is 30.1 Å². The highest BCUT2D eigenvalue weighted by Crippen LogP contribution is 2.27. The second-order valence-corrected chi connectivity index (χ2v) is 6.23. The number of ketones is 1. The third kappa shape index (κ3) is 8.15. The molecule has 0 saturated heterocycles. The van der Waals surface area contributed by atoms with Crippen LogP contribution in [0.1, 0.15) is 64.7 Å². The fourth-order valence-electron chi connectivity index (χ4n) is 2.73. The van der Waals surface area contributed by atoms with Crippen LogP contribution in [0.2, 0.25) is 0 Å². The summed E-state index contributed by atoms with van der Waals surface area (Å²) in [5.41, 5.74) is 4.92. The van der Waals surface area contributed by atoms with Crippen LogP contribution in [0.4, 0.5) is 0 Å². The van der Waals surface area contributed by atoms with Gasteiger partial charge in [-0.2, -0.15) is 0 Å². The largest absolute Gasteiger partial charge is 0.467 e. The Hall–Kier alpha value is -1.90. The molecule has 0 radical (unpaired) electrons. The molecule has 0 aromatic heterocycles. The van der Waals surface area contributed by atoms with Crippen LogP contribution in [0.15, 0.2) is 41.2 Å². The zero-order valence-electron chi connectivity index (χ0n) is 15.4. The monoisotopic (exact) mass is 346 g/mol. The van der Waals surface area contributed by atoms with E-state index < -0.39 is 12.1 Å². The second kappa shape index (κ2) is 12.5. The molecule has 0 heterocycles. The van der Waals surface area contributed by atoms with Crippen molar-refractivity contribution < 1.29 is 19.4 Å². The molecule has 0 fully saturated rings. The minimum atomic E-state index is -1.16. The summed E-state index contributed by atoms with van der Waals surface area (Å²) in [7, 11) is 1.24. The maximum Gasteiger partial charge on any atom is 0.335 e. The van der Waals surface area contributed by atoms with Gasteiger partial charge < -0.3 is 9.84 Å². The number of hydrogen-bond acceptors (Lipinski definition) is 4. The van der Waals surface area contributed by atoms with E-state index in [0.29, 0.717) is 12.8 Å². The highest BCUT2D eigenvalue weighted by Gasteiger charge is 2.19. The van der Waals surface area contributed by atoms with Gasteiger partial charge in [-0.3, -0.25) is 4.79 Å². The van der Waals surface area contributed by atoms with Crippen molar-refractivity contribution in [2.45, 2.75) is 70.8 Å². The molecule has 1 aliphatic rings. The number of methoxy groups -OCH3 is 1. The predicted octanol–water partition coefficient (Wildman–Crippen LogP) is 4.20. The zero-order valence-corrected chi connectivity index (χ0v) is 15.4. The third-order valence-electron chi connectivity index (χ3n) is 4.25. The van der Waals surface area contributed by atoms with E-state index >= 15 is 0 Å². The van der Waals surface area contributed by atoms with Crippen molar-refractivity contribution in [1.29, 1.82) is 0 Å². The number of rotatable bonds is 11. The molecule has 0 saturated carbocycles. The quantitative estimate of drug-likeness (QED) is 0.346. The Kier molecular flexibility index (Phi) is 10.5. The lowest BCUT2D eigenvalue weighted by molar-refractivity contribution is -0.150. The topological polar surface area (TPSA) is 63.6 Å². The maximum atomic E-state index is 12.0. The minimum absolute atomic E-state index is 0.153. The van der Waals surface area contributed by atoms with E-state index in [1.54, 1.807) is 12.2 Å². The lowest BCUT2D eigenvalue weighted by Crippen LogP contribution is -2.20. The molecule has 4 nitrogen and oxygen atoms in total. The first-order chi connectivity index (χ1) is 12.1. The van der Waals surface area contributed by atoms with Crippen molar-refractivity contribution in [3.63, 3.8) is 0 Å². The van der Waals surface area contributed by atoms with Gasteiger partial charge in [-0.25, -0.2) is 4.79 Å². The molecule has 1 unspecified atom stereocenters. The van der Waals surface area contributed by atoms with Gasteiger partial charge in [-0.1, -0.05) is 38.3 Å². The van der Waals surface area contributed by atoms with E-state index in [1.165, 1.54) is 32.8 Å². The highest BCUT2D eigenvalue weighted by atomic mass is 16.5. The number of ether oxygens (including phenoxy) is 1. The number of aliphatic hydroxyl groups is 1. The van der Waals surface area contributed by atoms with Crippen LogP contribution >= 0.6 is 0 Å². The average Bonchev–Trinajstić information content (AvgIpc) is 2.96. The Morgan fingerprint density at radius 3 is 2.80 bits per heavy atom. The number of Topliss-reactive ketones (excluding diaryl/α,β-unsaturated/α-hetero) is 1. The summed E-state index contributed by atoms with van der Waals surface area (Å²) >= 11 is 0. The van der Waals surface area contributed by atoms with Gasteiger partial charge in [-0.15, -0.1) is 5.73 Å². The number of aliphatic hydroxyl groups excluding tert-OH is 1. The van der Waals surface area contributed by atoms with Gasteiger partial charge >= 0.3 is 5.97 Å². The van der Waals surface area contributed by atoms with Crippen LogP contribution < -0.4 is 0 Å². The summed E-state index contributed by atoms with van der Waals surface area (Å²) in [5.74, 6) is -0.448. The smallest absolute Gasteiger partial charge is 0.335 e. The van der Waals surface area contributed by atoms with E-state index in [4.69, 9.17) is 0 Å². The number of carbonyl (C=O) groups is 2. The number of unbranched alkanes of at least 4 members (excludes halogenated alkanes) is 4. The molecule has 1 N–H and O–H groups in total. The molecular weight excluding hydrogens is 316 g/mol. The van der Waals surface area contributed by atoms with Crippen molar-refractivity contribution in [2.24, 2.45) is 0 Å². The van der Waals surface area contributed by atoms with E-state index in [1.807, 2.05) is 0 Å². The van der Waals surface area contributed by atoms with Crippen molar-refractivity contribution in [1.82, 2.24) is 0 Å². The molecule has 4 heteroatoms. The van der Waals surface area contributed by atoms with Gasteiger partial charge in [0.25, 0.3) is 0 Å². The zero-order chi connectivity index (χ0) is 18.5. The molecule has 0 amide bonds. The fraction of sp³-hybridized carbons (Fsp3) is 0.571. The maximum absolute atomic E-state index is 12.0. The molecule has 0 aromatic carbocycles. The second-order valence-electron chi connectivity index (χ2n) is 6.23. The van der Waals surface area contributed by atoms with Crippen LogP contribution in [0, 0.1) is 0 Å². The van der Waals surface area contributed by atoms with Gasteiger partial charge in [0.1, 0.15) is 0 Å². The van der Waals surface area contributed by atoms with Crippen molar-refractivity contribution in [2.75, 3.05) is 7.11 Å². The molecule has 0 aliphatic heterocycles. The first kappa shape index (κ1) is 21.1. The van der Waals surface area contributed by atoms with Gasteiger partial charge in [0, 0.05) is 24.8 Å². The summed E-state index contributed by atoms with van der Waals surface area (Å²) in [6.45, 7) is 2.20. The summed E-state index contributed by atoms with van der Waals surface area (Å²) in [4.78, 5) is 23.1. The standard InChI is InChI=1S/C21H30O4/c1-3-4-5-6-7-9-12-17-15-16-19(22)18(17)13-10-8-11-14-20(23)21(24)25-2/h9-12,20,23H,3-7,13-16H2,1-2H3. The molecule has 138 valence electrons. The van der Waals surface area contributed by atoms with E-state index in [9.17, 15) is 14.7 Å². The molecule has 0 spiro atoms. The molecule has 1 atom stereocenters. The number of esters is 1. The predicted molar refractivity (Wildman–Crippen MR) is 99.1 cm³/mol. The number of carbonyl (C=O) groups excluding carboxylic acids is 2. The Bertz CT molecular complexity index is 562. The Balaban J connectivity index is 2.52. The Morgan fingerprint density at radius 2 is 2.08 bits per heavy atom. The first-order valence-corrected chi connectivity index (χ1v) is 9.17. The summed E-state index contributed by atoms with van der Waals surface area (Å²) in [6.07, 6.45) is 14.6. The summed E-state index contributed by atoms with van der Waals surface area (Å²) in [6, 6.07) is 0. The van der Waals surface area contributed by atoms with Gasteiger partial charge in [0.05, 0.1) is 7.11 Å². The van der Waals surface area contributed by atoms with E-state index in [2.05, 4.69) is 29.5 Å². The van der Waals surface area contributed by atoms with E-state index in [-0.39, 0.29) is 12.2 Å². The van der Waals surface area contributed by atoms with Crippen LogP contribution in [0.25, 0.3) is 0 Å². The summed E-state index contributed by atoms with van der Waals surface area (Å²) < 4.78 is 4.44. The number of allylic oxidation sites excluding steroid dienone is 4. The Labute approximate surface area is 151 Å². The SMILES string of the molecule is CCCCCCC=CC1=C(CC=C=CCC(O)C(=O)OC)C(=O)CC1. The molecule has 1 aliphatic carbocycles. The highest BCUT2D eigenvalue weighted by molar-refractivity contribution is 5.99.